The van der Waals surface area contributed by atoms with Crippen LogP contribution in [-0.4, -0.2) is 29.9 Å². The van der Waals surface area contributed by atoms with Gasteiger partial charge in [0.05, 0.1) is 6.10 Å². The molecule has 0 spiro atoms. The van der Waals surface area contributed by atoms with Crippen molar-refractivity contribution in [2.75, 3.05) is 13.6 Å². The van der Waals surface area contributed by atoms with E-state index in [0.29, 0.717) is 6.07 Å². The molecule has 0 aromatic heterocycles. The Hall–Kier alpha value is -1.04. The van der Waals surface area contributed by atoms with Crippen molar-refractivity contribution >= 4 is 0 Å². The number of aryl methyl sites for hydroxylation is 1. The van der Waals surface area contributed by atoms with E-state index < -0.39 is 23.8 Å². The number of halogens is 2. The number of benzene rings is 1. The van der Waals surface area contributed by atoms with E-state index in [9.17, 15) is 19.0 Å². The molecule has 90 valence electrons. The van der Waals surface area contributed by atoms with Crippen molar-refractivity contribution < 1.29 is 19.0 Å². The highest BCUT2D eigenvalue weighted by atomic mass is 19.1. The summed E-state index contributed by atoms with van der Waals surface area (Å²) < 4.78 is 26.3. The quantitative estimate of drug-likeness (QED) is 0.721. The van der Waals surface area contributed by atoms with Gasteiger partial charge in [0.2, 0.25) is 0 Å². The van der Waals surface area contributed by atoms with Crippen LogP contribution in [0.2, 0.25) is 0 Å². The smallest absolute Gasteiger partial charge is 0.132 e. The molecule has 16 heavy (non-hydrogen) atoms. The maximum Gasteiger partial charge on any atom is 0.132 e. The monoisotopic (exact) mass is 231 g/mol. The minimum atomic E-state index is -1.37. The summed E-state index contributed by atoms with van der Waals surface area (Å²) >= 11 is 0. The summed E-state index contributed by atoms with van der Waals surface area (Å²) in [5.74, 6) is -1.53. The van der Waals surface area contributed by atoms with Crippen LogP contribution < -0.4 is 5.32 Å². The molecule has 0 amide bonds. The first-order valence-corrected chi connectivity index (χ1v) is 4.93. The van der Waals surface area contributed by atoms with E-state index in [1.165, 1.54) is 13.0 Å². The third-order valence-electron chi connectivity index (χ3n) is 2.37. The molecule has 0 radical (unpaired) electrons. The molecule has 0 heterocycles. The largest absolute Gasteiger partial charge is 0.389 e. The molecule has 1 aromatic carbocycles. The summed E-state index contributed by atoms with van der Waals surface area (Å²) in [5, 5.41) is 21.8. The zero-order valence-corrected chi connectivity index (χ0v) is 9.17. The van der Waals surface area contributed by atoms with Gasteiger partial charge in [0.15, 0.2) is 0 Å². The molecule has 0 aliphatic carbocycles. The number of likely N-dealkylation sites (N-methyl/N-ethyl adjacent to an activating group) is 1. The van der Waals surface area contributed by atoms with Crippen LogP contribution in [0.15, 0.2) is 12.1 Å². The topological polar surface area (TPSA) is 52.5 Å². The van der Waals surface area contributed by atoms with Gasteiger partial charge in [0, 0.05) is 18.2 Å². The van der Waals surface area contributed by atoms with Crippen LogP contribution in [0.25, 0.3) is 0 Å². The van der Waals surface area contributed by atoms with Crippen LogP contribution >= 0.6 is 0 Å². The Morgan fingerprint density at radius 3 is 2.44 bits per heavy atom. The second-order valence-electron chi connectivity index (χ2n) is 3.69. The Morgan fingerprint density at radius 1 is 1.25 bits per heavy atom. The second kappa shape index (κ2) is 5.34. The zero-order chi connectivity index (χ0) is 12.3. The van der Waals surface area contributed by atoms with Gasteiger partial charge in [-0.05, 0) is 25.6 Å². The summed E-state index contributed by atoms with van der Waals surface area (Å²) in [6, 6.07) is 1.91. The highest BCUT2D eigenvalue weighted by Gasteiger charge is 2.22. The molecule has 0 aliphatic heterocycles. The Kier molecular flexibility index (Phi) is 4.35. The van der Waals surface area contributed by atoms with Crippen molar-refractivity contribution in [1.29, 1.82) is 0 Å². The molecular weight excluding hydrogens is 216 g/mol. The second-order valence-corrected chi connectivity index (χ2v) is 3.69. The number of nitrogens with one attached hydrogen (secondary N) is 1. The van der Waals surface area contributed by atoms with Crippen LogP contribution in [0.3, 0.4) is 0 Å². The molecule has 3 nitrogen and oxygen atoms in total. The molecule has 0 saturated heterocycles. The number of aliphatic hydroxyl groups is 2. The van der Waals surface area contributed by atoms with Gasteiger partial charge in [0.1, 0.15) is 17.7 Å². The van der Waals surface area contributed by atoms with Crippen molar-refractivity contribution in [1.82, 2.24) is 5.32 Å². The number of aliphatic hydroxyl groups excluding tert-OH is 2. The van der Waals surface area contributed by atoms with Gasteiger partial charge >= 0.3 is 0 Å². The average molecular weight is 231 g/mol. The average Bonchev–Trinajstić information content (AvgIpc) is 2.23. The van der Waals surface area contributed by atoms with Crippen LogP contribution in [-0.2, 0) is 0 Å². The predicted molar refractivity (Wildman–Crippen MR) is 56.0 cm³/mol. The summed E-state index contributed by atoms with van der Waals surface area (Å²) in [5.41, 5.74) is 0.133. The van der Waals surface area contributed by atoms with Crippen molar-refractivity contribution in [3.05, 3.63) is 34.9 Å². The molecule has 0 aliphatic rings. The predicted octanol–water partition coefficient (Wildman–Crippen LogP) is 0.887. The van der Waals surface area contributed by atoms with E-state index in [1.54, 1.807) is 7.05 Å². The van der Waals surface area contributed by atoms with Crippen molar-refractivity contribution in [2.45, 2.75) is 19.1 Å². The van der Waals surface area contributed by atoms with Gasteiger partial charge in [-0.25, -0.2) is 8.78 Å². The molecule has 1 rings (SSSR count). The van der Waals surface area contributed by atoms with Crippen LogP contribution in [0.5, 0.6) is 0 Å². The lowest BCUT2D eigenvalue weighted by Gasteiger charge is -2.18. The number of rotatable bonds is 4. The molecule has 2 atom stereocenters. The van der Waals surface area contributed by atoms with Gasteiger partial charge < -0.3 is 15.5 Å². The Labute approximate surface area is 92.7 Å². The lowest BCUT2D eigenvalue weighted by atomic mass is 10.0. The SMILES string of the molecule is CNCC(O)C(O)c1cc(C)c(F)cc1F. The van der Waals surface area contributed by atoms with Crippen LogP contribution in [0, 0.1) is 18.6 Å². The summed E-state index contributed by atoms with van der Waals surface area (Å²) in [6.45, 7) is 1.59. The number of hydrogen-bond donors (Lipinski definition) is 3. The Balaban J connectivity index is 2.99. The molecular formula is C11H15F2NO2. The normalized spacial score (nSPS) is 14.9. The van der Waals surface area contributed by atoms with E-state index in [0.717, 1.165) is 0 Å². The van der Waals surface area contributed by atoms with E-state index in [1.807, 2.05) is 0 Å². The third-order valence-corrected chi connectivity index (χ3v) is 2.37. The molecule has 0 fully saturated rings. The molecule has 0 saturated carbocycles. The summed E-state index contributed by atoms with van der Waals surface area (Å²) in [7, 11) is 1.60. The first kappa shape index (κ1) is 13.0. The third kappa shape index (κ3) is 2.75. The van der Waals surface area contributed by atoms with Gasteiger partial charge in [-0.1, -0.05) is 0 Å². The van der Waals surface area contributed by atoms with Gasteiger partial charge in [-0.15, -0.1) is 0 Å². The van der Waals surface area contributed by atoms with E-state index >= 15 is 0 Å². The lowest BCUT2D eigenvalue weighted by molar-refractivity contribution is 0.0180. The number of hydrogen-bond acceptors (Lipinski definition) is 3. The standard InChI is InChI=1S/C11H15F2NO2/c1-6-3-7(9(13)4-8(6)12)11(16)10(15)5-14-2/h3-4,10-11,14-16H,5H2,1-2H3. The first-order chi connectivity index (χ1) is 7.47. The minimum absolute atomic E-state index is 0.0957. The highest BCUT2D eigenvalue weighted by molar-refractivity contribution is 5.28. The summed E-state index contributed by atoms with van der Waals surface area (Å²) in [6.07, 6.45) is -2.50. The fourth-order valence-electron chi connectivity index (χ4n) is 1.43. The molecule has 3 N–H and O–H groups in total. The first-order valence-electron chi connectivity index (χ1n) is 4.93. The van der Waals surface area contributed by atoms with Crippen molar-refractivity contribution in [3.8, 4) is 0 Å². The van der Waals surface area contributed by atoms with E-state index in [-0.39, 0.29) is 17.7 Å². The maximum absolute atomic E-state index is 13.3. The Bertz CT molecular complexity index is 371. The molecule has 5 heteroatoms. The molecule has 0 bridgehead atoms. The maximum atomic E-state index is 13.3. The van der Waals surface area contributed by atoms with E-state index in [4.69, 9.17) is 0 Å². The van der Waals surface area contributed by atoms with Crippen molar-refractivity contribution in [2.24, 2.45) is 0 Å². The van der Waals surface area contributed by atoms with E-state index in [2.05, 4.69) is 5.32 Å². The van der Waals surface area contributed by atoms with Crippen molar-refractivity contribution in [3.63, 3.8) is 0 Å². The minimum Gasteiger partial charge on any atom is -0.389 e. The van der Waals surface area contributed by atoms with Gasteiger partial charge in [-0.3, -0.25) is 0 Å². The molecule has 1 aromatic rings. The highest BCUT2D eigenvalue weighted by Crippen LogP contribution is 2.23. The fraction of sp³-hybridized carbons (Fsp3) is 0.455. The Morgan fingerprint density at radius 2 is 1.88 bits per heavy atom. The summed E-state index contributed by atoms with van der Waals surface area (Å²) in [4.78, 5) is 0. The molecule has 2 unspecified atom stereocenters. The van der Waals surface area contributed by atoms with Crippen LogP contribution in [0.4, 0.5) is 8.78 Å². The van der Waals surface area contributed by atoms with Crippen LogP contribution in [0.1, 0.15) is 17.2 Å². The van der Waals surface area contributed by atoms with Gasteiger partial charge in [-0.2, -0.15) is 0 Å². The zero-order valence-electron chi connectivity index (χ0n) is 9.17. The van der Waals surface area contributed by atoms with Gasteiger partial charge in [0.25, 0.3) is 0 Å². The fourth-order valence-corrected chi connectivity index (χ4v) is 1.43. The lowest BCUT2D eigenvalue weighted by Crippen LogP contribution is -2.30.